The quantitative estimate of drug-likeness (QED) is 0.894. The molecule has 0 bridgehead atoms. The number of piperidine rings is 1. The molecule has 1 amide bonds. The smallest absolute Gasteiger partial charge is 0.263 e. The first-order valence-corrected chi connectivity index (χ1v) is 7.06. The van der Waals surface area contributed by atoms with Gasteiger partial charge in [-0.15, -0.1) is 11.3 Å². The van der Waals surface area contributed by atoms with Crippen LogP contribution in [-0.4, -0.2) is 37.5 Å². The van der Waals surface area contributed by atoms with E-state index in [9.17, 15) is 4.79 Å². The predicted octanol–water partition coefficient (Wildman–Crippen LogP) is 2.13. The highest BCUT2D eigenvalue weighted by atomic mass is 32.1. The van der Waals surface area contributed by atoms with Crippen LogP contribution in [0.1, 0.15) is 28.1 Å². The number of nitrogens with zero attached hydrogens (tertiary/aromatic N) is 1. The molecule has 1 saturated heterocycles. The maximum Gasteiger partial charge on any atom is 0.263 e. The summed E-state index contributed by atoms with van der Waals surface area (Å²) in [6, 6.07) is 2.01. The molecule has 4 heteroatoms. The largest absolute Gasteiger partial charge is 0.341 e. The minimum Gasteiger partial charge on any atom is -0.341 e. The van der Waals surface area contributed by atoms with E-state index in [0.717, 1.165) is 30.1 Å². The molecule has 2 heterocycles. The number of carbonyl (C=O) groups excluding carboxylic acids is 1. The first kappa shape index (κ1) is 12.6. The number of rotatable bonds is 3. The van der Waals surface area contributed by atoms with E-state index in [0.29, 0.717) is 5.92 Å². The lowest BCUT2D eigenvalue weighted by Gasteiger charge is -2.27. The van der Waals surface area contributed by atoms with Gasteiger partial charge in [-0.05, 0) is 55.8 Å². The first-order valence-electron chi connectivity index (χ1n) is 6.18. The lowest BCUT2D eigenvalue weighted by atomic mass is 9.99. The molecule has 1 aliphatic heterocycles. The van der Waals surface area contributed by atoms with Crippen LogP contribution in [0.4, 0.5) is 0 Å². The number of carbonyl (C=O) groups is 1. The Kier molecular flexibility index (Phi) is 4.18. The molecule has 1 atom stereocenters. The first-order chi connectivity index (χ1) is 8.18. The zero-order valence-corrected chi connectivity index (χ0v) is 11.3. The van der Waals surface area contributed by atoms with Crippen LogP contribution in [0, 0.1) is 12.8 Å². The van der Waals surface area contributed by atoms with Gasteiger partial charge in [-0.3, -0.25) is 4.79 Å². The molecule has 0 saturated carbocycles. The zero-order chi connectivity index (χ0) is 12.3. The Hall–Kier alpha value is -0.870. The molecule has 94 valence electrons. The van der Waals surface area contributed by atoms with Crippen molar-refractivity contribution >= 4 is 17.2 Å². The second kappa shape index (κ2) is 5.65. The lowest BCUT2D eigenvalue weighted by Crippen LogP contribution is -2.39. The third-order valence-corrected chi connectivity index (χ3v) is 4.34. The number of aryl methyl sites for hydroxylation is 1. The maximum absolute atomic E-state index is 12.2. The van der Waals surface area contributed by atoms with Gasteiger partial charge >= 0.3 is 0 Å². The second-order valence-corrected chi connectivity index (χ2v) is 5.75. The Labute approximate surface area is 107 Å². The van der Waals surface area contributed by atoms with Gasteiger partial charge in [0.25, 0.3) is 5.91 Å². The fourth-order valence-electron chi connectivity index (χ4n) is 2.32. The summed E-state index contributed by atoms with van der Waals surface area (Å²) >= 11 is 1.54. The fourth-order valence-corrected chi connectivity index (χ4v) is 3.23. The van der Waals surface area contributed by atoms with Crippen molar-refractivity contribution in [2.24, 2.45) is 5.92 Å². The van der Waals surface area contributed by atoms with Gasteiger partial charge in [0.2, 0.25) is 0 Å². The van der Waals surface area contributed by atoms with Crippen LogP contribution in [0.3, 0.4) is 0 Å². The summed E-state index contributed by atoms with van der Waals surface area (Å²) in [6.45, 7) is 5.03. The van der Waals surface area contributed by atoms with E-state index < -0.39 is 0 Å². The van der Waals surface area contributed by atoms with Crippen LogP contribution in [0.2, 0.25) is 0 Å². The molecule has 0 radical (unpaired) electrons. The Morgan fingerprint density at radius 2 is 2.47 bits per heavy atom. The van der Waals surface area contributed by atoms with E-state index in [1.807, 2.05) is 30.3 Å². The van der Waals surface area contributed by atoms with Crippen molar-refractivity contribution in [2.45, 2.75) is 19.8 Å². The Morgan fingerprint density at radius 3 is 3.06 bits per heavy atom. The van der Waals surface area contributed by atoms with Gasteiger partial charge in [0.1, 0.15) is 0 Å². The van der Waals surface area contributed by atoms with E-state index in [4.69, 9.17) is 0 Å². The van der Waals surface area contributed by atoms with Gasteiger partial charge in [0.05, 0.1) is 4.88 Å². The SMILES string of the molecule is Cc1ccsc1C(=O)N(C)CC1CCCNC1. The molecule has 1 aromatic heterocycles. The van der Waals surface area contributed by atoms with Crippen molar-refractivity contribution in [1.29, 1.82) is 0 Å². The molecule has 0 spiro atoms. The predicted molar refractivity (Wildman–Crippen MR) is 71.6 cm³/mol. The topological polar surface area (TPSA) is 32.3 Å². The maximum atomic E-state index is 12.2. The van der Waals surface area contributed by atoms with E-state index in [-0.39, 0.29) is 5.91 Å². The van der Waals surface area contributed by atoms with Gasteiger partial charge < -0.3 is 10.2 Å². The molecule has 1 unspecified atom stereocenters. The number of nitrogens with one attached hydrogen (secondary N) is 1. The van der Waals surface area contributed by atoms with Crippen molar-refractivity contribution in [1.82, 2.24) is 10.2 Å². The molecular weight excluding hydrogens is 232 g/mol. The minimum absolute atomic E-state index is 0.170. The van der Waals surface area contributed by atoms with E-state index >= 15 is 0 Å². The molecule has 2 rings (SSSR count). The Balaban J connectivity index is 1.93. The number of hydrogen-bond donors (Lipinski definition) is 1. The third-order valence-electron chi connectivity index (χ3n) is 3.33. The van der Waals surface area contributed by atoms with Gasteiger partial charge in [-0.2, -0.15) is 0 Å². The highest BCUT2D eigenvalue weighted by molar-refractivity contribution is 7.12. The highest BCUT2D eigenvalue weighted by Crippen LogP contribution is 2.19. The summed E-state index contributed by atoms with van der Waals surface area (Å²) in [6.07, 6.45) is 2.46. The number of thiophene rings is 1. The van der Waals surface area contributed by atoms with Crippen LogP contribution in [0.5, 0.6) is 0 Å². The molecule has 3 nitrogen and oxygen atoms in total. The average molecular weight is 252 g/mol. The number of hydrogen-bond acceptors (Lipinski definition) is 3. The molecule has 1 N–H and O–H groups in total. The fraction of sp³-hybridized carbons (Fsp3) is 0.615. The van der Waals surface area contributed by atoms with Gasteiger partial charge in [-0.25, -0.2) is 0 Å². The molecule has 1 aromatic rings. The van der Waals surface area contributed by atoms with Crippen LogP contribution < -0.4 is 5.32 Å². The minimum atomic E-state index is 0.170. The van der Waals surface area contributed by atoms with Crippen molar-refractivity contribution < 1.29 is 4.79 Å². The Bertz CT molecular complexity index is 383. The van der Waals surface area contributed by atoms with Crippen molar-refractivity contribution in [2.75, 3.05) is 26.7 Å². The van der Waals surface area contributed by atoms with Crippen LogP contribution in [-0.2, 0) is 0 Å². The number of amides is 1. The van der Waals surface area contributed by atoms with Gasteiger partial charge in [0, 0.05) is 13.6 Å². The van der Waals surface area contributed by atoms with Crippen LogP contribution in [0.25, 0.3) is 0 Å². The average Bonchev–Trinajstić information content (AvgIpc) is 2.76. The van der Waals surface area contributed by atoms with Gasteiger partial charge in [-0.1, -0.05) is 0 Å². The second-order valence-electron chi connectivity index (χ2n) is 4.83. The van der Waals surface area contributed by atoms with E-state index in [2.05, 4.69) is 5.32 Å². The van der Waals surface area contributed by atoms with E-state index in [1.54, 1.807) is 11.3 Å². The monoisotopic (exact) mass is 252 g/mol. The molecular formula is C13H20N2OS. The van der Waals surface area contributed by atoms with Crippen LogP contribution in [0.15, 0.2) is 11.4 Å². The molecule has 0 aromatic carbocycles. The van der Waals surface area contributed by atoms with Crippen molar-refractivity contribution in [3.8, 4) is 0 Å². The third kappa shape index (κ3) is 3.07. The van der Waals surface area contributed by atoms with Crippen LogP contribution >= 0.6 is 11.3 Å². The summed E-state index contributed by atoms with van der Waals surface area (Å²) in [5.41, 5.74) is 1.09. The summed E-state index contributed by atoms with van der Waals surface area (Å²) in [5, 5.41) is 5.37. The zero-order valence-electron chi connectivity index (χ0n) is 10.5. The van der Waals surface area contributed by atoms with Crippen molar-refractivity contribution in [3.05, 3.63) is 21.9 Å². The van der Waals surface area contributed by atoms with Gasteiger partial charge in [0.15, 0.2) is 0 Å². The van der Waals surface area contributed by atoms with Crippen molar-refractivity contribution in [3.63, 3.8) is 0 Å². The summed E-state index contributed by atoms with van der Waals surface area (Å²) in [7, 11) is 1.91. The Morgan fingerprint density at radius 1 is 1.65 bits per heavy atom. The standard InChI is InChI=1S/C13H20N2OS/c1-10-5-7-17-12(10)13(16)15(2)9-11-4-3-6-14-8-11/h5,7,11,14H,3-4,6,8-9H2,1-2H3. The molecule has 17 heavy (non-hydrogen) atoms. The summed E-state index contributed by atoms with van der Waals surface area (Å²) in [5.74, 6) is 0.779. The molecule has 1 aliphatic rings. The highest BCUT2D eigenvalue weighted by Gasteiger charge is 2.20. The molecule has 0 aliphatic carbocycles. The summed E-state index contributed by atoms with van der Waals surface area (Å²) in [4.78, 5) is 15.0. The van der Waals surface area contributed by atoms with E-state index in [1.165, 1.54) is 12.8 Å². The normalized spacial score (nSPS) is 20.2. The summed E-state index contributed by atoms with van der Waals surface area (Å²) < 4.78 is 0. The lowest BCUT2D eigenvalue weighted by molar-refractivity contribution is 0.0769. The molecule has 1 fully saturated rings.